The zero-order valence-electron chi connectivity index (χ0n) is 9.70. The molecule has 0 spiro atoms. The lowest BCUT2D eigenvalue weighted by atomic mass is 9.99. The van der Waals surface area contributed by atoms with Gasteiger partial charge in [-0.15, -0.1) is 11.6 Å². The maximum atomic E-state index is 13.0. The van der Waals surface area contributed by atoms with E-state index < -0.39 is 0 Å². The zero-order valence-corrected chi connectivity index (χ0v) is 10.5. The summed E-state index contributed by atoms with van der Waals surface area (Å²) in [6.07, 6.45) is 0.795. The van der Waals surface area contributed by atoms with Gasteiger partial charge in [-0.25, -0.2) is 4.39 Å². The van der Waals surface area contributed by atoms with Crippen LogP contribution in [0.2, 0.25) is 0 Å². The molecule has 1 amide bonds. The molecule has 0 aliphatic carbocycles. The van der Waals surface area contributed by atoms with Crippen LogP contribution in [0.15, 0.2) is 24.3 Å². The second kappa shape index (κ2) is 5.05. The largest absolute Gasteiger partial charge is 0.338 e. The van der Waals surface area contributed by atoms with Gasteiger partial charge in [0.1, 0.15) is 5.82 Å². The third-order valence-corrected chi connectivity index (χ3v) is 3.81. The normalized spacial score (nSPS) is 24.8. The predicted molar refractivity (Wildman–Crippen MR) is 65.7 cm³/mol. The Morgan fingerprint density at radius 3 is 2.94 bits per heavy atom. The quantitative estimate of drug-likeness (QED) is 0.707. The summed E-state index contributed by atoms with van der Waals surface area (Å²) in [6, 6.07) is 5.81. The summed E-state index contributed by atoms with van der Waals surface area (Å²) in [4.78, 5) is 13.9. The molecule has 1 heterocycles. The molecule has 2 nitrogen and oxygen atoms in total. The van der Waals surface area contributed by atoms with Crippen molar-refractivity contribution in [2.45, 2.75) is 18.7 Å². The number of hydrogen-bond acceptors (Lipinski definition) is 1. The lowest BCUT2D eigenvalue weighted by Gasteiger charge is -2.34. The van der Waals surface area contributed by atoms with Crippen molar-refractivity contribution in [3.63, 3.8) is 0 Å². The molecule has 1 aliphatic rings. The molecule has 4 heteroatoms. The van der Waals surface area contributed by atoms with E-state index in [1.165, 1.54) is 12.1 Å². The van der Waals surface area contributed by atoms with Crippen LogP contribution in [-0.4, -0.2) is 29.3 Å². The average Bonchev–Trinajstić information content (AvgIpc) is 2.32. The Balaban J connectivity index is 2.10. The molecule has 1 aromatic carbocycles. The van der Waals surface area contributed by atoms with Crippen LogP contribution in [0.3, 0.4) is 0 Å². The van der Waals surface area contributed by atoms with Gasteiger partial charge < -0.3 is 4.90 Å². The molecule has 2 atom stereocenters. The number of amides is 1. The van der Waals surface area contributed by atoms with Gasteiger partial charge in [0.25, 0.3) is 5.91 Å². The third kappa shape index (κ3) is 2.78. The van der Waals surface area contributed by atoms with Crippen molar-refractivity contribution in [3.05, 3.63) is 35.6 Å². The number of carbonyl (C=O) groups is 1. The summed E-state index contributed by atoms with van der Waals surface area (Å²) in [6.45, 7) is 3.32. The third-order valence-electron chi connectivity index (χ3n) is 3.16. The maximum absolute atomic E-state index is 13.0. The Bertz CT molecular complexity index is 424. The highest BCUT2D eigenvalue weighted by Crippen LogP contribution is 2.23. The van der Waals surface area contributed by atoms with Gasteiger partial charge in [-0.3, -0.25) is 4.79 Å². The van der Waals surface area contributed by atoms with Crippen LogP contribution in [0.25, 0.3) is 0 Å². The van der Waals surface area contributed by atoms with Crippen LogP contribution in [0.4, 0.5) is 4.39 Å². The second-order valence-electron chi connectivity index (χ2n) is 4.54. The Labute approximate surface area is 105 Å². The van der Waals surface area contributed by atoms with Crippen molar-refractivity contribution >= 4 is 17.5 Å². The average molecular weight is 256 g/mol. The van der Waals surface area contributed by atoms with Gasteiger partial charge in [0.2, 0.25) is 0 Å². The van der Waals surface area contributed by atoms with E-state index in [0.29, 0.717) is 18.7 Å². The maximum Gasteiger partial charge on any atom is 0.253 e. The van der Waals surface area contributed by atoms with Crippen molar-refractivity contribution in [3.8, 4) is 0 Å². The summed E-state index contributed by atoms with van der Waals surface area (Å²) in [5.74, 6) is -0.209. The molecule has 17 heavy (non-hydrogen) atoms. The number of hydrogen-bond donors (Lipinski definition) is 0. The molecule has 0 saturated carbocycles. The first-order valence-electron chi connectivity index (χ1n) is 5.77. The Morgan fingerprint density at radius 2 is 2.29 bits per heavy atom. The van der Waals surface area contributed by atoms with Crippen LogP contribution in [-0.2, 0) is 0 Å². The minimum atomic E-state index is -0.379. The van der Waals surface area contributed by atoms with Crippen molar-refractivity contribution in [2.75, 3.05) is 13.1 Å². The van der Waals surface area contributed by atoms with E-state index in [2.05, 4.69) is 0 Å². The van der Waals surface area contributed by atoms with Crippen molar-refractivity contribution < 1.29 is 9.18 Å². The highest BCUT2D eigenvalue weighted by molar-refractivity contribution is 6.20. The molecule has 1 aromatic rings. The molecular weight excluding hydrogens is 241 g/mol. The van der Waals surface area contributed by atoms with E-state index in [9.17, 15) is 9.18 Å². The molecule has 1 aliphatic heterocycles. The first kappa shape index (κ1) is 12.4. The molecule has 0 N–H and O–H groups in total. The van der Waals surface area contributed by atoms with Crippen LogP contribution >= 0.6 is 11.6 Å². The van der Waals surface area contributed by atoms with Crippen molar-refractivity contribution in [1.29, 1.82) is 0 Å². The van der Waals surface area contributed by atoms with Crippen molar-refractivity contribution in [1.82, 2.24) is 4.90 Å². The summed E-state index contributed by atoms with van der Waals surface area (Å²) in [7, 11) is 0. The fourth-order valence-electron chi connectivity index (χ4n) is 2.11. The fraction of sp³-hybridized carbons (Fsp3) is 0.462. The van der Waals surface area contributed by atoms with Gasteiger partial charge >= 0.3 is 0 Å². The summed E-state index contributed by atoms with van der Waals surface area (Å²) in [5.41, 5.74) is 0.408. The topological polar surface area (TPSA) is 20.3 Å². The molecule has 92 valence electrons. The van der Waals surface area contributed by atoms with E-state index in [0.717, 1.165) is 6.42 Å². The number of likely N-dealkylation sites (tertiary alicyclic amines) is 1. The van der Waals surface area contributed by atoms with E-state index in [1.807, 2.05) is 6.92 Å². The molecule has 0 radical (unpaired) electrons. The Hall–Kier alpha value is -1.09. The van der Waals surface area contributed by atoms with E-state index in [-0.39, 0.29) is 23.0 Å². The first-order chi connectivity index (χ1) is 8.08. The molecular formula is C13H15ClFNO. The Kier molecular flexibility index (Phi) is 3.67. The fourth-order valence-corrected chi connectivity index (χ4v) is 2.28. The van der Waals surface area contributed by atoms with Gasteiger partial charge in [-0.1, -0.05) is 13.0 Å². The van der Waals surface area contributed by atoms with E-state index >= 15 is 0 Å². The van der Waals surface area contributed by atoms with Crippen molar-refractivity contribution in [2.24, 2.45) is 5.92 Å². The molecule has 1 fully saturated rings. The SMILES string of the molecule is CC1CN(C(=O)c2cccc(F)c2)CCC1Cl. The van der Waals surface area contributed by atoms with E-state index in [1.54, 1.807) is 17.0 Å². The smallest absolute Gasteiger partial charge is 0.253 e. The standard InChI is InChI=1S/C13H15ClFNO/c1-9-8-16(6-5-12(9)14)13(17)10-3-2-4-11(15)7-10/h2-4,7,9,12H,5-6,8H2,1H3. The van der Waals surface area contributed by atoms with E-state index in [4.69, 9.17) is 11.6 Å². The monoisotopic (exact) mass is 255 g/mol. The molecule has 0 aromatic heterocycles. The summed E-state index contributed by atoms with van der Waals surface area (Å²) in [5, 5.41) is 0.131. The number of benzene rings is 1. The van der Waals surface area contributed by atoms with Gasteiger partial charge in [-0.05, 0) is 30.5 Å². The summed E-state index contributed by atoms with van der Waals surface area (Å²) < 4.78 is 13.0. The number of alkyl halides is 1. The highest BCUT2D eigenvalue weighted by atomic mass is 35.5. The van der Waals surface area contributed by atoms with Gasteiger partial charge in [0, 0.05) is 24.0 Å². The van der Waals surface area contributed by atoms with Crippen LogP contribution in [0.5, 0.6) is 0 Å². The predicted octanol–water partition coefficient (Wildman–Crippen LogP) is 2.92. The number of halogens is 2. The molecule has 2 rings (SSSR count). The zero-order chi connectivity index (χ0) is 12.4. The second-order valence-corrected chi connectivity index (χ2v) is 5.10. The molecule has 2 unspecified atom stereocenters. The minimum absolute atomic E-state index is 0.111. The number of piperidine rings is 1. The number of nitrogens with zero attached hydrogens (tertiary/aromatic N) is 1. The van der Waals surface area contributed by atoms with Gasteiger partial charge in [0.05, 0.1) is 0 Å². The molecule has 1 saturated heterocycles. The lowest BCUT2D eigenvalue weighted by Crippen LogP contribution is -2.43. The van der Waals surface area contributed by atoms with Gasteiger partial charge in [-0.2, -0.15) is 0 Å². The lowest BCUT2D eigenvalue weighted by molar-refractivity contribution is 0.0686. The van der Waals surface area contributed by atoms with Gasteiger partial charge in [0.15, 0.2) is 0 Å². The number of carbonyl (C=O) groups excluding carboxylic acids is 1. The first-order valence-corrected chi connectivity index (χ1v) is 6.20. The van der Waals surface area contributed by atoms with Crippen LogP contribution in [0, 0.1) is 11.7 Å². The molecule has 0 bridgehead atoms. The minimum Gasteiger partial charge on any atom is -0.338 e. The number of rotatable bonds is 1. The Morgan fingerprint density at radius 1 is 1.53 bits per heavy atom. The highest BCUT2D eigenvalue weighted by Gasteiger charge is 2.27. The van der Waals surface area contributed by atoms with Crippen LogP contribution in [0.1, 0.15) is 23.7 Å². The summed E-state index contributed by atoms with van der Waals surface area (Å²) >= 11 is 6.11. The van der Waals surface area contributed by atoms with Crippen LogP contribution < -0.4 is 0 Å².